The van der Waals surface area contributed by atoms with Gasteiger partial charge < -0.3 is 9.30 Å². The van der Waals surface area contributed by atoms with Gasteiger partial charge in [-0.1, -0.05) is 6.58 Å². The maximum absolute atomic E-state index is 5.02. The number of hydrogen-bond acceptors (Lipinski definition) is 2. The summed E-state index contributed by atoms with van der Waals surface area (Å²) in [5.74, 6) is 0. The van der Waals surface area contributed by atoms with Crippen molar-refractivity contribution in [2.75, 3.05) is 14.2 Å². The van der Waals surface area contributed by atoms with Crippen molar-refractivity contribution in [3.8, 4) is 0 Å². The Morgan fingerprint density at radius 3 is 3.00 bits per heavy atom. The Morgan fingerprint density at radius 1 is 1.69 bits per heavy atom. The maximum atomic E-state index is 5.02. The predicted octanol–water partition coefficient (Wildman–Crippen LogP) is 1.27. The predicted molar refractivity (Wildman–Crippen MR) is 53.0 cm³/mol. The van der Waals surface area contributed by atoms with Crippen LogP contribution in [-0.2, 0) is 11.3 Å². The molecule has 1 aromatic heterocycles. The van der Waals surface area contributed by atoms with E-state index in [0.717, 1.165) is 11.1 Å². The molecule has 0 bridgehead atoms. The van der Waals surface area contributed by atoms with Crippen LogP contribution in [0.15, 0.2) is 29.9 Å². The molecule has 1 heterocycles. The first-order chi connectivity index (χ1) is 6.31. The van der Waals surface area contributed by atoms with E-state index in [0.29, 0.717) is 6.61 Å². The Morgan fingerprint density at radius 2 is 2.46 bits per heavy atom. The number of aromatic nitrogens is 1. The van der Waals surface area contributed by atoms with Gasteiger partial charge in [-0.15, -0.1) is 0 Å². The van der Waals surface area contributed by atoms with Gasteiger partial charge in [0.1, 0.15) is 5.49 Å². The molecule has 0 aromatic carbocycles. The van der Waals surface area contributed by atoms with Gasteiger partial charge in [0.15, 0.2) is 0 Å². The van der Waals surface area contributed by atoms with Gasteiger partial charge in [-0.05, 0) is 17.7 Å². The average Bonchev–Trinajstić information content (AvgIpc) is 2.18. The molecule has 0 fully saturated rings. The fourth-order valence-corrected chi connectivity index (χ4v) is 1.13. The zero-order valence-corrected chi connectivity index (χ0v) is 8.03. The van der Waals surface area contributed by atoms with Crippen molar-refractivity contribution in [2.24, 2.45) is 4.99 Å². The highest BCUT2D eigenvalue weighted by Gasteiger charge is 1.93. The van der Waals surface area contributed by atoms with Crippen LogP contribution in [0, 0.1) is 0 Å². The highest BCUT2D eigenvalue weighted by atomic mass is 16.5. The van der Waals surface area contributed by atoms with Gasteiger partial charge in [-0.3, -0.25) is 4.99 Å². The quantitative estimate of drug-likeness (QED) is 0.684. The fourth-order valence-electron chi connectivity index (χ4n) is 1.13. The van der Waals surface area contributed by atoms with Gasteiger partial charge in [0.2, 0.25) is 0 Å². The molecule has 1 rings (SSSR count). The van der Waals surface area contributed by atoms with E-state index in [1.165, 1.54) is 0 Å². The van der Waals surface area contributed by atoms with Crippen LogP contribution in [0.3, 0.4) is 0 Å². The number of ether oxygens (including phenoxy) is 1. The average molecular weight is 178 g/mol. The standard InChI is InChI=1S/C10H14N2O/c1-4-12-6-5-9(8-13-3)7-10(12)11-2/h4-7H,1,8H2,2-3H3. The molecule has 0 aliphatic heterocycles. The lowest BCUT2D eigenvalue weighted by Crippen LogP contribution is -2.16. The first-order valence-electron chi connectivity index (χ1n) is 4.07. The normalized spacial score (nSPS) is 11.7. The molecule has 0 aliphatic carbocycles. The Kier molecular flexibility index (Phi) is 3.46. The van der Waals surface area contributed by atoms with Crippen LogP contribution < -0.4 is 5.49 Å². The lowest BCUT2D eigenvalue weighted by atomic mass is 10.3. The van der Waals surface area contributed by atoms with Crippen molar-refractivity contribution in [1.29, 1.82) is 0 Å². The summed E-state index contributed by atoms with van der Waals surface area (Å²) >= 11 is 0. The maximum Gasteiger partial charge on any atom is 0.131 e. The van der Waals surface area contributed by atoms with E-state index >= 15 is 0 Å². The summed E-state index contributed by atoms with van der Waals surface area (Å²) in [6.07, 6.45) is 3.64. The summed E-state index contributed by atoms with van der Waals surface area (Å²) in [5, 5.41) is 0. The van der Waals surface area contributed by atoms with Gasteiger partial charge in [0, 0.05) is 26.6 Å². The van der Waals surface area contributed by atoms with E-state index < -0.39 is 0 Å². The molecular weight excluding hydrogens is 164 g/mol. The van der Waals surface area contributed by atoms with Crippen LogP contribution >= 0.6 is 0 Å². The monoisotopic (exact) mass is 178 g/mol. The third kappa shape index (κ3) is 2.29. The summed E-state index contributed by atoms with van der Waals surface area (Å²) in [6, 6.07) is 3.96. The van der Waals surface area contributed by atoms with Crippen molar-refractivity contribution >= 4 is 6.20 Å². The first-order valence-corrected chi connectivity index (χ1v) is 4.07. The Balaban J connectivity index is 3.14. The lowest BCUT2D eigenvalue weighted by molar-refractivity contribution is 0.184. The highest BCUT2D eigenvalue weighted by molar-refractivity contribution is 5.20. The minimum atomic E-state index is 0.612. The van der Waals surface area contributed by atoms with Crippen LogP contribution in [0.2, 0.25) is 0 Å². The Hall–Kier alpha value is -1.35. The van der Waals surface area contributed by atoms with E-state index in [1.54, 1.807) is 20.4 Å². The molecule has 0 N–H and O–H groups in total. The molecule has 70 valence electrons. The van der Waals surface area contributed by atoms with Crippen LogP contribution in [0.1, 0.15) is 5.56 Å². The van der Waals surface area contributed by atoms with E-state index in [9.17, 15) is 0 Å². The van der Waals surface area contributed by atoms with Gasteiger partial charge in [0.25, 0.3) is 0 Å². The van der Waals surface area contributed by atoms with Crippen molar-refractivity contribution in [3.63, 3.8) is 0 Å². The molecule has 13 heavy (non-hydrogen) atoms. The van der Waals surface area contributed by atoms with E-state index in [2.05, 4.69) is 11.6 Å². The third-order valence-corrected chi connectivity index (χ3v) is 1.77. The number of nitrogens with zero attached hydrogens (tertiary/aromatic N) is 2. The zero-order chi connectivity index (χ0) is 9.68. The van der Waals surface area contributed by atoms with Crippen molar-refractivity contribution in [1.82, 2.24) is 4.57 Å². The van der Waals surface area contributed by atoms with Gasteiger partial charge >= 0.3 is 0 Å². The Bertz CT molecular complexity index is 352. The molecule has 3 nitrogen and oxygen atoms in total. The second-order valence-electron chi connectivity index (χ2n) is 2.64. The fraction of sp³-hybridized carbons (Fsp3) is 0.300. The SMILES string of the molecule is C=Cn1ccc(COC)cc1=NC. The molecule has 0 radical (unpaired) electrons. The molecule has 0 amide bonds. The second kappa shape index (κ2) is 4.62. The van der Waals surface area contributed by atoms with Crippen molar-refractivity contribution in [3.05, 3.63) is 36.0 Å². The highest BCUT2D eigenvalue weighted by Crippen LogP contribution is 1.96. The molecule has 3 heteroatoms. The number of methoxy groups -OCH3 is 1. The second-order valence-corrected chi connectivity index (χ2v) is 2.64. The molecule has 0 saturated carbocycles. The number of hydrogen-bond donors (Lipinski definition) is 0. The molecule has 0 atom stereocenters. The third-order valence-electron chi connectivity index (χ3n) is 1.77. The van der Waals surface area contributed by atoms with Crippen LogP contribution in [0.25, 0.3) is 6.20 Å². The summed E-state index contributed by atoms with van der Waals surface area (Å²) < 4.78 is 6.88. The Labute approximate surface area is 78.0 Å². The topological polar surface area (TPSA) is 26.5 Å². The molecular formula is C10H14N2O. The van der Waals surface area contributed by atoms with Crippen molar-refractivity contribution < 1.29 is 4.74 Å². The van der Waals surface area contributed by atoms with Crippen LogP contribution in [-0.4, -0.2) is 18.7 Å². The number of pyridine rings is 1. The van der Waals surface area contributed by atoms with Gasteiger partial charge in [-0.25, -0.2) is 0 Å². The van der Waals surface area contributed by atoms with E-state index in [1.807, 2.05) is 22.9 Å². The summed E-state index contributed by atoms with van der Waals surface area (Å²) in [5.41, 5.74) is 1.99. The summed E-state index contributed by atoms with van der Waals surface area (Å²) in [7, 11) is 3.43. The number of rotatable bonds is 3. The smallest absolute Gasteiger partial charge is 0.131 e. The largest absolute Gasteiger partial charge is 0.380 e. The lowest BCUT2D eigenvalue weighted by Gasteiger charge is -2.03. The zero-order valence-electron chi connectivity index (χ0n) is 8.03. The summed E-state index contributed by atoms with van der Waals surface area (Å²) in [6.45, 7) is 4.30. The summed E-state index contributed by atoms with van der Waals surface area (Å²) in [4.78, 5) is 4.12. The first kappa shape index (κ1) is 9.74. The molecule has 0 spiro atoms. The van der Waals surface area contributed by atoms with Crippen LogP contribution in [0.4, 0.5) is 0 Å². The minimum Gasteiger partial charge on any atom is -0.380 e. The minimum absolute atomic E-state index is 0.612. The molecule has 0 saturated heterocycles. The van der Waals surface area contributed by atoms with Crippen molar-refractivity contribution in [2.45, 2.75) is 6.61 Å². The van der Waals surface area contributed by atoms with E-state index in [4.69, 9.17) is 4.74 Å². The van der Waals surface area contributed by atoms with Crippen LogP contribution in [0.5, 0.6) is 0 Å². The van der Waals surface area contributed by atoms with Gasteiger partial charge in [-0.2, -0.15) is 0 Å². The van der Waals surface area contributed by atoms with Gasteiger partial charge in [0.05, 0.1) is 6.61 Å². The van der Waals surface area contributed by atoms with E-state index in [-0.39, 0.29) is 0 Å². The molecule has 1 aromatic rings. The molecule has 0 unspecified atom stereocenters. The molecule has 0 aliphatic rings.